The van der Waals surface area contributed by atoms with E-state index in [2.05, 4.69) is 15.5 Å². The molecule has 0 aliphatic heterocycles. The zero-order chi connectivity index (χ0) is 14.0. The number of carbonyl (C=O) groups is 1. The average molecular weight is 300 g/mol. The molecule has 0 aliphatic carbocycles. The first kappa shape index (κ1) is 13.2. The van der Waals surface area contributed by atoms with Crippen molar-refractivity contribution in [3.05, 3.63) is 38.9 Å². The number of rotatable bonds is 3. The third kappa shape index (κ3) is 2.95. The molecular formula is C9H6ClN5O3S. The number of nitro benzene ring substituents is 1. The van der Waals surface area contributed by atoms with Crippen molar-refractivity contribution in [2.45, 2.75) is 0 Å². The average Bonchev–Trinajstić information content (AvgIpc) is 2.74. The lowest BCUT2D eigenvalue weighted by Gasteiger charge is -2.03. The van der Waals surface area contributed by atoms with Gasteiger partial charge >= 0.3 is 0 Å². The summed E-state index contributed by atoms with van der Waals surface area (Å²) in [6.07, 6.45) is 0. The highest BCUT2D eigenvalue weighted by Crippen LogP contribution is 2.24. The summed E-state index contributed by atoms with van der Waals surface area (Å²) >= 11 is 6.67. The number of hydrogen-bond donors (Lipinski definition) is 2. The Kier molecular flexibility index (Phi) is 3.58. The lowest BCUT2D eigenvalue weighted by molar-refractivity contribution is -0.385. The highest BCUT2D eigenvalue weighted by atomic mass is 35.5. The van der Waals surface area contributed by atoms with Crippen molar-refractivity contribution < 1.29 is 9.72 Å². The van der Waals surface area contributed by atoms with Crippen molar-refractivity contribution in [2.75, 3.05) is 11.1 Å². The monoisotopic (exact) mass is 299 g/mol. The highest BCUT2D eigenvalue weighted by Gasteiger charge is 2.21. The molecule has 1 amide bonds. The van der Waals surface area contributed by atoms with Crippen molar-refractivity contribution >= 4 is 44.8 Å². The Morgan fingerprint density at radius 3 is 2.79 bits per heavy atom. The molecule has 1 heterocycles. The summed E-state index contributed by atoms with van der Waals surface area (Å²) in [6, 6.07) is 3.70. The topological polar surface area (TPSA) is 124 Å². The predicted molar refractivity (Wildman–Crippen MR) is 70.4 cm³/mol. The van der Waals surface area contributed by atoms with E-state index >= 15 is 0 Å². The number of nitrogens with two attached hydrogens (primary N) is 1. The van der Waals surface area contributed by atoms with Gasteiger partial charge in [0, 0.05) is 11.1 Å². The molecule has 2 aromatic rings. The Morgan fingerprint density at radius 2 is 2.21 bits per heavy atom. The number of nitrogen functional groups attached to an aromatic ring is 1. The Balaban J connectivity index is 2.32. The first-order valence-electron chi connectivity index (χ1n) is 4.81. The molecule has 0 saturated heterocycles. The van der Waals surface area contributed by atoms with Crippen LogP contribution in [-0.2, 0) is 0 Å². The summed E-state index contributed by atoms with van der Waals surface area (Å²) < 4.78 is 0. The minimum atomic E-state index is -0.703. The lowest BCUT2D eigenvalue weighted by atomic mass is 10.1. The molecule has 0 atom stereocenters. The number of nitro groups is 1. The van der Waals surface area contributed by atoms with Crippen molar-refractivity contribution in [3.63, 3.8) is 0 Å². The predicted octanol–water partition coefficient (Wildman–Crippen LogP) is 1.93. The molecule has 0 bridgehead atoms. The van der Waals surface area contributed by atoms with Gasteiger partial charge < -0.3 is 5.73 Å². The molecule has 19 heavy (non-hydrogen) atoms. The molecule has 1 aromatic carbocycles. The fourth-order valence-corrected chi connectivity index (χ4v) is 1.98. The summed E-state index contributed by atoms with van der Waals surface area (Å²) in [6.45, 7) is 0. The minimum Gasteiger partial charge on any atom is -0.374 e. The molecule has 98 valence electrons. The molecule has 0 radical (unpaired) electrons. The number of nitrogens with zero attached hydrogens (tertiary/aromatic N) is 3. The number of benzene rings is 1. The first-order chi connectivity index (χ1) is 8.97. The summed E-state index contributed by atoms with van der Waals surface area (Å²) in [5, 5.41) is 20.8. The van der Waals surface area contributed by atoms with E-state index in [9.17, 15) is 14.9 Å². The second-order valence-electron chi connectivity index (χ2n) is 3.32. The van der Waals surface area contributed by atoms with Crippen LogP contribution in [0.1, 0.15) is 10.4 Å². The third-order valence-electron chi connectivity index (χ3n) is 2.06. The molecule has 0 fully saturated rings. The van der Waals surface area contributed by atoms with Crippen LogP contribution in [0.4, 0.5) is 16.0 Å². The number of carbonyl (C=O) groups excluding carboxylic acids is 1. The van der Waals surface area contributed by atoms with Gasteiger partial charge in [0.2, 0.25) is 10.3 Å². The molecule has 0 saturated carbocycles. The molecule has 0 unspecified atom stereocenters. The maximum atomic E-state index is 11.9. The normalized spacial score (nSPS) is 10.2. The zero-order valence-corrected chi connectivity index (χ0v) is 10.7. The quantitative estimate of drug-likeness (QED) is 0.659. The molecule has 2 rings (SSSR count). The Hall–Kier alpha value is -2.26. The van der Waals surface area contributed by atoms with Crippen LogP contribution in [0.25, 0.3) is 0 Å². The number of anilines is 2. The third-order valence-corrected chi connectivity index (χ3v) is 2.96. The Morgan fingerprint density at radius 1 is 1.47 bits per heavy atom. The fourth-order valence-electron chi connectivity index (χ4n) is 1.30. The summed E-state index contributed by atoms with van der Waals surface area (Å²) in [7, 11) is 0. The zero-order valence-electron chi connectivity index (χ0n) is 9.16. The molecule has 10 heteroatoms. The second-order valence-corrected chi connectivity index (χ2v) is 4.76. The van der Waals surface area contributed by atoms with E-state index in [0.717, 1.165) is 17.4 Å². The van der Waals surface area contributed by atoms with Crippen LogP contribution < -0.4 is 11.1 Å². The van der Waals surface area contributed by atoms with Crippen molar-refractivity contribution in [1.29, 1.82) is 0 Å². The highest BCUT2D eigenvalue weighted by molar-refractivity contribution is 7.19. The van der Waals surface area contributed by atoms with Crippen molar-refractivity contribution in [2.24, 2.45) is 0 Å². The molecule has 0 spiro atoms. The minimum absolute atomic E-state index is 0.150. The van der Waals surface area contributed by atoms with Gasteiger partial charge in [-0.05, 0) is 12.1 Å². The van der Waals surface area contributed by atoms with Gasteiger partial charge in [-0.2, -0.15) is 0 Å². The van der Waals surface area contributed by atoms with Gasteiger partial charge in [-0.3, -0.25) is 20.2 Å². The summed E-state index contributed by atoms with van der Waals surface area (Å²) in [5.74, 6) is -0.703. The van der Waals surface area contributed by atoms with E-state index in [0.29, 0.717) is 0 Å². The number of nitrogens with one attached hydrogen (secondary N) is 1. The van der Waals surface area contributed by atoms with E-state index in [1.165, 1.54) is 12.1 Å². The van der Waals surface area contributed by atoms with E-state index in [1.807, 2.05) is 0 Å². The number of amides is 1. The largest absolute Gasteiger partial charge is 0.374 e. The second kappa shape index (κ2) is 5.16. The molecular weight excluding hydrogens is 294 g/mol. The van der Waals surface area contributed by atoms with Crippen LogP contribution in [0.5, 0.6) is 0 Å². The molecule has 8 nitrogen and oxygen atoms in total. The van der Waals surface area contributed by atoms with Crippen LogP contribution in [0, 0.1) is 10.1 Å². The van der Waals surface area contributed by atoms with E-state index < -0.39 is 10.8 Å². The fraction of sp³-hybridized carbons (Fsp3) is 0. The number of halogens is 1. The molecule has 1 aromatic heterocycles. The molecule has 0 aliphatic rings. The molecule has 3 N–H and O–H groups in total. The standard InChI is InChI=1S/C9H6ClN5O3S/c10-4-1-2-6(15(17)18)5(3-4)7(16)12-9-14-13-8(11)19-9/h1-3H,(H2,11,13)(H,12,14,16). The van der Waals surface area contributed by atoms with Gasteiger partial charge in [-0.1, -0.05) is 22.9 Å². The summed E-state index contributed by atoms with van der Waals surface area (Å²) in [4.78, 5) is 22.1. The van der Waals surface area contributed by atoms with E-state index in [4.69, 9.17) is 17.3 Å². The Labute approximate surface area is 115 Å². The van der Waals surface area contributed by atoms with E-state index in [1.54, 1.807) is 0 Å². The van der Waals surface area contributed by atoms with Gasteiger partial charge in [0.05, 0.1) is 4.92 Å². The first-order valence-corrected chi connectivity index (χ1v) is 6.01. The smallest absolute Gasteiger partial charge is 0.282 e. The van der Waals surface area contributed by atoms with Gasteiger partial charge in [0.25, 0.3) is 11.6 Å². The maximum absolute atomic E-state index is 11.9. The lowest BCUT2D eigenvalue weighted by Crippen LogP contribution is -2.13. The number of aromatic nitrogens is 2. The maximum Gasteiger partial charge on any atom is 0.282 e. The van der Waals surface area contributed by atoms with Gasteiger partial charge in [-0.15, -0.1) is 10.2 Å². The van der Waals surface area contributed by atoms with Crippen LogP contribution in [0.15, 0.2) is 18.2 Å². The number of hydrogen-bond acceptors (Lipinski definition) is 7. The Bertz CT molecular complexity index is 659. The van der Waals surface area contributed by atoms with Crippen molar-refractivity contribution in [1.82, 2.24) is 10.2 Å². The van der Waals surface area contributed by atoms with Gasteiger partial charge in [0.1, 0.15) is 5.56 Å². The van der Waals surface area contributed by atoms with Crippen LogP contribution in [0.3, 0.4) is 0 Å². The SMILES string of the molecule is Nc1nnc(NC(=O)c2cc(Cl)ccc2[N+](=O)[O-])s1. The van der Waals surface area contributed by atoms with Crippen molar-refractivity contribution in [3.8, 4) is 0 Å². The van der Waals surface area contributed by atoms with Crippen LogP contribution in [0.2, 0.25) is 5.02 Å². The van der Waals surface area contributed by atoms with Gasteiger partial charge in [0.15, 0.2) is 0 Å². The van der Waals surface area contributed by atoms with Gasteiger partial charge in [-0.25, -0.2) is 0 Å². The summed E-state index contributed by atoms with van der Waals surface area (Å²) in [5.41, 5.74) is 4.85. The van der Waals surface area contributed by atoms with E-state index in [-0.39, 0.29) is 26.5 Å². The van der Waals surface area contributed by atoms with Crippen LogP contribution in [-0.4, -0.2) is 21.0 Å². The van der Waals surface area contributed by atoms with Crippen LogP contribution >= 0.6 is 22.9 Å².